The number of rotatable bonds is 5. The average molecular weight is 352 g/mol. The Morgan fingerprint density at radius 2 is 1.78 bits per heavy atom. The molecule has 122 valence electrons. The second kappa shape index (κ2) is 7.71. The lowest BCUT2D eigenvalue weighted by molar-refractivity contribution is -0.122. The summed E-state index contributed by atoms with van der Waals surface area (Å²) in [5.74, 6) is 0.735. The summed E-state index contributed by atoms with van der Waals surface area (Å²) in [6.07, 6.45) is -0.662. The molecule has 0 aromatic heterocycles. The predicted molar refractivity (Wildman–Crippen MR) is 95.7 cm³/mol. The van der Waals surface area contributed by atoms with Gasteiger partial charge in [-0.25, -0.2) is 0 Å². The molecule has 0 fully saturated rings. The van der Waals surface area contributed by atoms with Crippen LogP contribution in [0.2, 0.25) is 10.0 Å². The summed E-state index contributed by atoms with van der Waals surface area (Å²) in [6.45, 7) is 5.86. The Morgan fingerprint density at radius 3 is 2.48 bits per heavy atom. The van der Waals surface area contributed by atoms with Gasteiger partial charge in [0.05, 0.1) is 10.7 Å². The molecule has 2 rings (SSSR count). The molecule has 2 aromatic rings. The van der Waals surface area contributed by atoms with E-state index in [-0.39, 0.29) is 5.91 Å². The summed E-state index contributed by atoms with van der Waals surface area (Å²) in [5.41, 5.74) is 1.53. The van der Waals surface area contributed by atoms with Crippen LogP contribution in [0.4, 0.5) is 5.69 Å². The Kier molecular flexibility index (Phi) is 5.91. The summed E-state index contributed by atoms with van der Waals surface area (Å²) in [5, 5.41) is 3.67. The van der Waals surface area contributed by atoms with Crippen molar-refractivity contribution in [2.45, 2.75) is 32.8 Å². The molecule has 0 bridgehead atoms. The highest BCUT2D eigenvalue weighted by molar-refractivity contribution is 6.35. The van der Waals surface area contributed by atoms with Gasteiger partial charge in [0.2, 0.25) is 0 Å². The number of para-hydroxylation sites is 1. The van der Waals surface area contributed by atoms with Gasteiger partial charge < -0.3 is 10.1 Å². The fourth-order valence-corrected chi connectivity index (χ4v) is 2.47. The first kappa shape index (κ1) is 17.6. The molecule has 0 aliphatic heterocycles. The van der Waals surface area contributed by atoms with Crippen LogP contribution >= 0.6 is 23.2 Å². The van der Waals surface area contributed by atoms with E-state index in [2.05, 4.69) is 19.2 Å². The van der Waals surface area contributed by atoms with Crippen molar-refractivity contribution in [3.05, 3.63) is 58.1 Å². The maximum atomic E-state index is 12.3. The number of halogens is 2. The van der Waals surface area contributed by atoms with Gasteiger partial charge in [-0.15, -0.1) is 0 Å². The lowest BCUT2D eigenvalue weighted by atomic mass is 10.0. The van der Waals surface area contributed by atoms with E-state index >= 15 is 0 Å². The average Bonchev–Trinajstić information content (AvgIpc) is 2.51. The van der Waals surface area contributed by atoms with Gasteiger partial charge in [0.25, 0.3) is 5.91 Å². The fraction of sp³-hybridized carbons (Fsp3) is 0.278. The van der Waals surface area contributed by atoms with E-state index in [1.807, 2.05) is 24.3 Å². The monoisotopic (exact) mass is 351 g/mol. The maximum Gasteiger partial charge on any atom is 0.265 e. The normalized spacial score (nSPS) is 12.1. The van der Waals surface area contributed by atoms with Gasteiger partial charge in [0.1, 0.15) is 5.75 Å². The molecule has 5 heteroatoms. The number of hydrogen-bond donors (Lipinski definition) is 1. The number of amides is 1. The molecule has 0 spiro atoms. The van der Waals surface area contributed by atoms with Gasteiger partial charge in [-0.2, -0.15) is 0 Å². The third kappa shape index (κ3) is 4.63. The van der Waals surface area contributed by atoms with Crippen molar-refractivity contribution >= 4 is 34.8 Å². The van der Waals surface area contributed by atoms with Gasteiger partial charge in [0.15, 0.2) is 6.10 Å². The van der Waals surface area contributed by atoms with Crippen molar-refractivity contribution in [3.63, 3.8) is 0 Å². The van der Waals surface area contributed by atoms with E-state index in [4.69, 9.17) is 27.9 Å². The zero-order chi connectivity index (χ0) is 17.0. The Bertz CT molecular complexity index is 701. The van der Waals surface area contributed by atoms with Gasteiger partial charge in [-0.3, -0.25) is 4.79 Å². The van der Waals surface area contributed by atoms with Crippen molar-refractivity contribution < 1.29 is 9.53 Å². The van der Waals surface area contributed by atoms with Crippen molar-refractivity contribution in [2.24, 2.45) is 0 Å². The van der Waals surface area contributed by atoms with Crippen LogP contribution in [0.25, 0.3) is 0 Å². The SMILES string of the molecule is CC(C)c1ccccc1O[C@H](C)C(=O)Nc1cc(Cl)ccc1Cl. The van der Waals surface area contributed by atoms with Crippen LogP contribution in [0, 0.1) is 0 Å². The van der Waals surface area contributed by atoms with Crippen LogP contribution in [0.5, 0.6) is 5.75 Å². The molecule has 0 saturated heterocycles. The fourth-order valence-electron chi connectivity index (χ4n) is 2.14. The van der Waals surface area contributed by atoms with E-state index in [9.17, 15) is 4.79 Å². The Hall–Kier alpha value is -1.71. The zero-order valence-electron chi connectivity index (χ0n) is 13.3. The molecule has 0 heterocycles. The van der Waals surface area contributed by atoms with Gasteiger partial charge in [-0.05, 0) is 42.7 Å². The lowest BCUT2D eigenvalue weighted by Crippen LogP contribution is -2.30. The highest BCUT2D eigenvalue weighted by atomic mass is 35.5. The molecule has 23 heavy (non-hydrogen) atoms. The second-order valence-electron chi connectivity index (χ2n) is 5.57. The number of benzene rings is 2. The van der Waals surface area contributed by atoms with Crippen LogP contribution in [0.3, 0.4) is 0 Å². The first-order chi connectivity index (χ1) is 10.9. The second-order valence-corrected chi connectivity index (χ2v) is 6.41. The number of ether oxygens (including phenoxy) is 1. The first-order valence-electron chi connectivity index (χ1n) is 7.40. The number of carbonyl (C=O) groups excluding carboxylic acids is 1. The minimum atomic E-state index is -0.662. The summed E-state index contributed by atoms with van der Waals surface area (Å²) < 4.78 is 5.82. The number of carbonyl (C=O) groups is 1. The lowest BCUT2D eigenvalue weighted by Gasteiger charge is -2.19. The van der Waals surface area contributed by atoms with E-state index in [0.29, 0.717) is 27.4 Å². The molecular formula is C18H19Cl2NO2. The van der Waals surface area contributed by atoms with Crippen LogP contribution in [-0.4, -0.2) is 12.0 Å². The Balaban J connectivity index is 2.10. The molecule has 0 saturated carbocycles. The standard InChI is InChI=1S/C18H19Cl2NO2/c1-11(2)14-6-4-5-7-17(14)23-12(3)18(22)21-16-10-13(19)8-9-15(16)20/h4-12H,1-3H3,(H,21,22)/t12-/m1/s1. The Morgan fingerprint density at radius 1 is 1.09 bits per heavy atom. The van der Waals surface area contributed by atoms with Crippen molar-refractivity contribution in [1.82, 2.24) is 0 Å². The van der Waals surface area contributed by atoms with Crippen LogP contribution in [-0.2, 0) is 4.79 Å². The molecule has 0 radical (unpaired) electrons. The molecule has 1 amide bonds. The smallest absolute Gasteiger partial charge is 0.265 e. The van der Waals surface area contributed by atoms with Crippen molar-refractivity contribution in [2.75, 3.05) is 5.32 Å². The van der Waals surface area contributed by atoms with Crippen LogP contribution in [0.1, 0.15) is 32.3 Å². The predicted octanol–water partition coefficient (Wildman–Crippen LogP) is 5.52. The molecule has 3 nitrogen and oxygen atoms in total. The number of hydrogen-bond acceptors (Lipinski definition) is 2. The molecule has 0 unspecified atom stereocenters. The third-order valence-electron chi connectivity index (χ3n) is 3.40. The summed E-state index contributed by atoms with van der Waals surface area (Å²) in [4.78, 5) is 12.3. The zero-order valence-corrected chi connectivity index (χ0v) is 14.8. The van der Waals surface area contributed by atoms with E-state index in [0.717, 1.165) is 5.56 Å². The molecular weight excluding hydrogens is 333 g/mol. The molecule has 1 atom stereocenters. The largest absolute Gasteiger partial charge is 0.481 e. The third-order valence-corrected chi connectivity index (χ3v) is 3.96. The number of nitrogens with one attached hydrogen (secondary N) is 1. The van der Waals surface area contributed by atoms with Crippen LogP contribution in [0.15, 0.2) is 42.5 Å². The minimum absolute atomic E-state index is 0.285. The Labute approximate surface area is 146 Å². The maximum absolute atomic E-state index is 12.3. The van der Waals surface area contributed by atoms with Crippen molar-refractivity contribution in [3.8, 4) is 5.75 Å². The van der Waals surface area contributed by atoms with Crippen LogP contribution < -0.4 is 10.1 Å². The summed E-state index contributed by atoms with van der Waals surface area (Å²) >= 11 is 12.0. The summed E-state index contributed by atoms with van der Waals surface area (Å²) in [6, 6.07) is 12.6. The first-order valence-corrected chi connectivity index (χ1v) is 8.15. The molecule has 2 aromatic carbocycles. The molecule has 1 N–H and O–H groups in total. The van der Waals surface area contributed by atoms with E-state index in [1.54, 1.807) is 25.1 Å². The highest BCUT2D eigenvalue weighted by Crippen LogP contribution is 2.28. The molecule has 0 aliphatic carbocycles. The molecule has 0 aliphatic rings. The topological polar surface area (TPSA) is 38.3 Å². The number of anilines is 1. The minimum Gasteiger partial charge on any atom is -0.481 e. The van der Waals surface area contributed by atoms with E-state index < -0.39 is 6.10 Å². The van der Waals surface area contributed by atoms with Gasteiger partial charge >= 0.3 is 0 Å². The highest BCUT2D eigenvalue weighted by Gasteiger charge is 2.18. The van der Waals surface area contributed by atoms with Gasteiger partial charge in [0, 0.05) is 5.02 Å². The summed E-state index contributed by atoms with van der Waals surface area (Å²) in [7, 11) is 0. The van der Waals surface area contributed by atoms with Crippen molar-refractivity contribution in [1.29, 1.82) is 0 Å². The quantitative estimate of drug-likeness (QED) is 0.769. The van der Waals surface area contributed by atoms with E-state index in [1.165, 1.54) is 0 Å². The van der Waals surface area contributed by atoms with Gasteiger partial charge in [-0.1, -0.05) is 55.2 Å².